The van der Waals surface area contributed by atoms with Gasteiger partial charge in [0, 0.05) is 4.47 Å². The second-order valence-electron chi connectivity index (χ2n) is 4.75. The van der Waals surface area contributed by atoms with Gasteiger partial charge in [-0.3, -0.25) is 4.79 Å². The molecule has 8 heteroatoms. The number of benzene rings is 1. The molecule has 0 radical (unpaired) electrons. The molecule has 0 aliphatic rings. The second kappa shape index (κ2) is 7.04. The van der Waals surface area contributed by atoms with Crippen LogP contribution in [0.1, 0.15) is 25.5 Å². The summed E-state index contributed by atoms with van der Waals surface area (Å²) in [5.74, 6) is -2.82. The van der Waals surface area contributed by atoms with E-state index in [1.165, 1.54) is 13.8 Å². The van der Waals surface area contributed by atoms with Crippen LogP contribution in [0.4, 0.5) is 0 Å². The number of carbonyl (C=O) groups is 2. The molecule has 0 spiro atoms. The van der Waals surface area contributed by atoms with E-state index in [0.29, 0.717) is 5.56 Å². The molecule has 0 aliphatic carbocycles. The minimum atomic E-state index is -3.57. The lowest BCUT2D eigenvalue weighted by atomic mass is 10.1. The Labute approximate surface area is 131 Å². The Hall–Kier alpha value is -1.41. The number of carboxylic acid groups (broad SMARTS) is 1. The average Bonchev–Trinajstić information content (AvgIpc) is 2.36. The van der Waals surface area contributed by atoms with Crippen LogP contribution in [0.15, 0.2) is 28.7 Å². The molecule has 6 nitrogen and oxygen atoms in total. The van der Waals surface area contributed by atoms with Gasteiger partial charge in [-0.2, -0.15) is 0 Å². The molecule has 0 heterocycles. The van der Waals surface area contributed by atoms with E-state index in [1.807, 2.05) is 0 Å². The minimum absolute atomic E-state index is 0.362. The van der Waals surface area contributed by atoms with E-state index in [1.54, 1.807) is 24.3 Å². The van der Waals surface area contributed by atoms with Crippen LogP contribution in [0, 0.1) is 0 Å². The SMILES string of the molecule is CC(C)S(=O)(=O)CC(=O)NC(C(=O)O)c1ccc(Br)cc1. The molecule has 0 aliphatic heterocycles. The lowest BCUT2D eigenvalue weighted by Crippen LogP contribution is -2.38. The van der Waals surface area contributed by atoms with E-state index >= 15 is 0 Å². The fourth-order valence-corrected chi connectivity index (χ4v) is 2.54. The predicted molar refractivity (Wildman–Crippen MR) is 81.6 cm³/mol. The number of hydrogen-bond donors (Lipinski definition) is 2. The number of aliphatic carboxylic acids is 1. The Bertz CT molecular complexity index is 624. The first-order chi connectivity index (χ1) is 9.63. The van der Waals surface area contributed by atoms with E-state index in [-0.39, 0.29) is 0 Å². The second-order valence-corrected chi connectivity index (χ2v) is 8.22. The van der Waals surface area contributed by atoms with Crippen molar-refractivity contribution in [2.45, 2.75) is 25.1 Å². The Morgan fingerprint density at radius 1 is 1.24 bits per heavy atom. The highest BCUT2D eigenvalue weighted by molar-refractivity contribution is 9.10. The molecule has 1 rings (SSSR count). The first-order valence-electron chi connectivity index (χ1n) is 6.12. The van der Waals surface area contributed by atoms with Gasteiger partial charge in [0.15, 0.2) is 15.9 Å². The van der Waals surface area contributed by atoms with Crippen molar-refractivity contribution in [2.75, 3.05) is 5.75 Å². The smallest absolute Gasteiger partial charge is 0.330 e. The zero-order chi connectivity index (χ0) is 16.2. The van der Waals surface area contributed by atoms with Gasteiger partial charge in [0.25, 0.3) is 0 Å². The van der Waals surface area contributed by atoms with Crippen LogP contribution in [-0.4, -0.2) is 36.4 Å². The van der Waals surface area contributed by atoms with Crippen LogP contribution in [0.5, 0.6) is 0 Å². The quantitative estimate of drug-likeness (QED) is 0.782. The lowest BCUT2D eigenvalue weighted by molar-refractivity contribution is -0.141. The van der Waals surface area contributed by atoms with Crippen molar-refractivity contribution in [1.82, 2.24) is 5.32 Å². The van der Waals surface area contributed by atoms with E-state index in [0.717, 1.165) is 4.47 Å². The van der Waals surface area contributed by atoms with Gasteiger partial charge >= 0.3 is 5.97 Å². The fourth-order valence-electron chi connectivity index (χ4n) is 1.49. The Morgan fingerprint density at radius 3 is 2.19 bits per heavy atom. The molecule has 2 N–H and O–H groups in total. The molecule has 116 valence electrons. The summed E-state index contributed by atoms with van der Waals surface area (Å²) in [5, 5.41) is 10.7. The van der Waals surface area contributed by atoms with Crippen molar-refractivity contribution < 1.29 is 23.1 Å². The zero-order valence-corrected chi connectivity index (χ0v) is 13.9. The largest absolute Gasteiger partial charge is 0.479 e. The lowest BCUT2D eigenvalue weighted by Gasteiger charge is -2.15. The Kier molecular flexibility index (Phi) is 5.91. The van der Waals surface area contributed by atoms with Crippen LogP contribution in [0.3, 0.4) is 0 Å². The summed E-state index contributed by atoms with van der Waals surface area (Å²) in [6.45, 7) is 2.93. The number of amides is 1. The van der Waals surface area contributed by atoms with Gasteiger partial charge in [0.1, 0.15) is 5.75 Å². The third-order valence-electron chi connectivity index (χ3n) is 2.81. The molecule has 0 aromatic heterocycles. The molecule has 1 aromatic carbocycles. The number of carbonyl (C=O) groups excluding carboxylic acids is 1. The highest BCUT2D eigenvalue weighted by Gasteiger charge is 2.26. The summed E-state index contributed by atoms with van der Waals surface area (Å²) in [7, 11) is -3.57. The van der Waals surface area contributed by atoms with Crippen molar-refractivity contribution in [3.63, 3.8) is 0 Å². The molecule has 1 unspecified atom stereocenters. The standard InChI is InChI=1S/C13H16BrNO5S/c1-8(2)21(19,20)7-11(16)15-12(13(17)18)9-3-5-10(14)6-4-9/h3-6,8,12H,7H2,1-2H3,(H,15,16)(H,17,18). The Balaban J connectivity index is 2.88. The van der Waals surface area contributed by atoms with E-state index in [2.05, 4.69) is 21.2 Å². The topological polar surface area (TPSA) is 101 Å². The molecule has 0 saturated heterocycles. The number of halogens is 1. The summed E-state index contributed by atoms with van der Waals surface area (Å²) < 4.78 is 24.1. The summed E-state index contributed by atoms with van der Waals surface area (Å²) >= 11 is 3.22. The van der Waals surface area contributed by atoms with E-state index < -0.39 is 38.8 Å². The highest BCUT2D eigenvalue weighted by Crippen LogP contribution is 2.17. The average molecular weight is 378 g/mol. The molecule has 0 saturated carbocycles. The van der Waals surface area contributed by atoms with Crippen LogP contribution in [0.25, 0.3) is 0 Å². The maximum absolute atomic E-state index is 11.8. The van der Waals surface area contributed by atoms with Gasteiger partial charge in [0.05, 0.1) is 5.25 Å². The monoisotopic (exact) mass is 377 g/mol. The maximum Gasteiger partial charge on any atom is 0.330 e. The van der Waals surface area contributed by atoms with Gasteiger partial charge in [0.2, 0.25) is 5.91 Å². The van der Waals surface area contributed by atoms with Gasteiger partial charge in [-0.05, 0) is 31.5 Å². The normalized spacial score (nSPS) is 13.0. The minimum Gasteiger partial charge on any atom is -0.479 e. The Morgan fingerprint density at radius 2 is 1.76 bits per heavy atom. The molecule has 21 heavy (non-hydrogen) atoms. The summed E-state index contributed by atoms with van der Waals surface area (Å²) in [4.78, 5) is 23.0. The van der Waals surface area contributed by atoms with E-state index in [9.17, 15) is 23.1 Å². The van der Waals surface area contributed by atoms with Crippen LogP contribution >= 0.6 is 15.9 Å². The summed E-state index contributed by atoms with van der Waals surface area (Å²) in [6.07, 6.45) is 0. The maximum atomic E-state index is 11.8. The highest BCUT2D eigenvalue weighted by atomic mass is 79.9. The van der Waals surface area contributed by atoms with Crippen molar-refractivity contribution in [2.24, 2.45) is 0 Å². The number of sulfone groups is 1. The van der Waals surface area contributed by atoms with E-state index in [4.69, 9.17) is 0 Å². The van der Waals surface area contributed by atoms with Crippen molar-refractivity contribution in [1.29, 1.82) is 0 Å². The number of rotatable bonds is 6. The predicted octanol–water partition coefficient (Wildman–Crippen LogP) is 1.51. The zero-order valence-electron chi connectivity index (χ0n) is 11.5. The number of carboxylic acids is 1. The van der Waals surface area contributed by atoms with Crippen LogP contribution in [0.2, 0.25) is 0 Å². The number of hydrogen-bond acceptors (Lipinski definition) is 4. The molecule has 1 atom stereocenters. The molecule has 1 aromatic rings. The third-order valence-corrected chi connectivity index (χ3v) is 5.44. The first kappa shape index (κ1) is 17.6. The number of nitrogens with one attached hydrogen (secondary N) is 1. The molecule has 0 bridgehead atoms. The fraction of sp³-hybridized carbons (Fsp3) is 0.385. The van der Waals surface area contributed by atoms with Gasteiger partial charge in [-0.1, -0.05) is 28.1 Å². The van der Waals surface area contributed by atoms with Gasteiger partial charge in [-0.25, -0.2) is 13.2 Å². The van der Waals surface area contributed by atoms with Gasteiger partial charge < -0.3 is 10.4 Å². The molecular weight excluding hydrogens is 362 g/mol. The summed E-state index contributed by atoms with van der Waals surface area (Å²) in [5.41, 5.74) is 0.362. The molecule has 0 fully saturated rings. The van der Waals surface area contributed by atoms with Gasteiger partial charge in [-0.15, -0.1) is 0 Å². The van der Waals surface area contributed by atoms with Crippen LogP contribution in [-0.2, 0) is 19.4 Å². The van der Waals surface area contributed by atoms with Crippen molar-refractivity contribution in [3.8, 4) is 0 Å². The molecular formula is C13H16BrNO5S. The van der Waals surface area contributed by atoms with Crippen molar-refractivity contribution >= 4 is 37.6 Å². The molecule has 1 amide bonds. The van der Waals surface area contributed by atoms with Crippen LogP contribution < -0.4 is 5.32 Å². The first-order valence-corrected chi connectivity index (χ1v) is 8.63. The third kappa shape index (κ3) is 5.13. The van der Waals surface area contributed by atoms with Crippen molar-refractivity contribution in [3.05, 3.63) is 34.3 Å². The summed E-state index contributed by atoms with van der Waals surface area (Å²) in [6, 6.07) is 5.08.